The molecule has 2 aromatic carbocycles. The summed E-state index contributed by atoms with van der Waals surface area (Å²) in [4.78, 5) is 26.4. The number of fused-ring (bicyclic) bond motifs is 1. The summed E-state index contributed by atoms with van der Waals surface area (Å²) in [5, 5.41) is 0. The van der Waals surface area contributed by atoms with Crippen molar-refractivity contribution in [2.75, 3.05) is 14.2 Å². The number of ether oxygens (including phenoxy) is 3. The van der Waals surface area contributed by atoms with Crippen LogP contribution in [0, 0.1) is 6.92 Å². The maximum Gasteiger partial charge on any atom is 0.340 e. The molecule has 7 nitrogen and oxygen atoms in total. The van der Waals surface area contributed by atoms with Crippen molar-refractivity contribution in [2.24, 2.45) is 5.73 Å². The molecular weight excluding hydrogens is 408 g/mol. The van der Waals surface area contributed by atoms with Crippen LogP contribution in [0.4, 0.5) is 0 Å². The second-order valence-electron chi connectivity index (χ2n) is 7.52. The SMILES string of the molecule is COC(=O)C1=C(N)Oc2cc(C)n(Cc3ccccc3)c(=O)c2[C@@H]1c1ccc(OC)cc1. The predicted molar refractivity (Wildman–Crippen MR) is 120 cm³/mol. The zero-order chi connectivity index (χ0) is 22.8. The van der Waals surface area contributed by atoms with Crippen LogP contribution in [-0.4, -0.2) is 24.8 Å². The average Bonchev–Trinajstić information content (AvgIpc) is 2.81. The highest BCUT2D eigenvalue weighted by atomic mass is 16.5. The van der Waals surface area contributed by atoms with Gasteiger partial charge in [0.1, 0.15) is 17.1 Å². The second kappa shape index (κ2) is 8.63. The average molecular weight is 432 g/mol. The fourth-order valence-electron chi connectivity index (χ4n) is 3.99. The highest BCUT2D eigenvalue weighted by molar-refractivity contribution is 5.92. The monoisotopic (exact) mass is 432 g/mol. The van der Waals surface area contributed by atoms with Crippen molar-refractivity contribution in [3.63, 3.8) is 0 Å². The van der Waals surface area contributed by atoms with Crippen molar-refractivity contribution in [1.29, 1.82) is 0 Å². The molecule has 164 valence electrons. The fraction of sp³-hybridized carbons (Fsp3) is 0.200. The third kappa shape index (κ3) is 3.73. The lowest BCUT2D eigenvalue weighted by molar-refractivity contribution is -0.136. The number of benzene rings is 2. The summed E-state index contributed by atoms with van der Waals surface area (Å²) in [5.74, 6) is -0.480. The normalized spacial score (nSPS) is 15.0. The van der Waals surface area contributed by atoms with E-state index in [1.54, 1.807) is 42.0 Å². The standard InChI is InChI=1S/C25H24N2O5/c1-15-13-19-21(24(28)27(15)14-16-7-5-4-6-8-16)20(17-9-11-18(30-2)12-10-17)22(23(26)32-19)25(29)31-3/h4-13,20H,14,26H2,1-3H3/t20-/m0/s1. The van der Waals surface area contributed by atoms with Gasteiger partial charge in [0, 0.05) is 11.8 Å². The van der Waals surface area contributed by atoms with Crippen LogP contribution < -0.4 is 20.8 Å². The number of aromatic nitrogens is 1. The number of esters is 1. The number of pyridine rings is 1. The Kier molecular flexibility index (Phi) is 5.73. The van der Waals surface area contributed by atoms with E-state index >= 15 is 0 Å². The largest absolute Gasteiger partial charge is 0.497 e. The lowest BCUT2D eigenvalue weighted by Gasteiger charge is -2.29. The van der Waals surface area contributed by atoms with Crippen molar-refractivity contribution in [2.45, 2.75) is 19.4 Å². The van der Waals surface area contributed by atoms with Gasteiger partial charge >= 0.3 is 5.97 Å². The number of nitrogens with zero attached hydrogens (tertiary/aromatic N) is 1. The van der Waals surface area contributed by atoms with E-state index in [4.69, 9.17) is 19.9 Å². The van der Waals surface area contributed by atoms with E-state index in [2.05, 4.69) is 0 Å². The molecule has 4 rings (SSSR count). The molecule has 2 N–H and O–H groups in total. The summed E-state index contributed by atoms with van der Waals surface area (Å²) in [7, 11) is 2.84. The molecule has 1 atom stereocenters. The Morgan fingerprint density at radius 1 is 1.09 bits per heavy atom. The first-order chi connectivity index (χ1) is 15.4. The summed E-state index contributed by atoms with van der Waals surface area (Å²) in [6.45, 7) is 2.23. The van der Waals surface area contributed by atoms with Gasteiger partial charge in [0.05, 0.1) is 32.2 Å². The zero-order valence-corrected chi connectivity index (χ0v) is 18.1. The molecule has 0 saturated heterocycles. The van der Waals surface area contributed by atoms with Gasteiger partial charge in [-0.2, -0.15) is 0 Å². The molecule has 1 aliphatic rings. The second-order valence-corrected chi connectivity index (χ2v) is 7.52. The Morgan fingerprint density at radius 3 is 2.41 bits per heavy atom. The van der Waals surface area contributed by atoms with Gasteiger partial charge in [-0.3, -0.25) is 4.79 Å². The van der Waals surface area contributed by atoms with E-state index in [-0.39, 0.29) is 17.0 Å². The molecule has 0 amide bonds. The number of rotatable bonds is 5. The molecule has 7 heteroatoms. The minimum Gasteiger partial charge on any atom is -0.497 e. The van der Waals surface area contributed by atoms with E-state index in [1.807, 2.05) is 37.3 Å². The molecular formula is C25H24N2O5. The van der Waals surface area contributed by atoms with Gasteiger partial charge in [-0.25, -0.2) is 4.79 Å². The first-order valence-electron chi connectivity index (χ1n) is 10.1. The molecule has 32 heavy (non-hydrogen) atoms. The van der Waals surface area contributed by atoms with Crippen molar-refractivity contribution in [1.82, 2.24) is 4.57 Å². The molecule has 1 aromatic heterocycles. The van der Waals surface area contributed by atoms with Gasteiger partial charge in [-0.1, -0.05) is 42.5 Å². The topological polar surface area (TPSA) is 92.8 Å². The maximum absolute atomic E-state index is 13.8. The highest BCUT2D eigenvalue weighted by Crippen LogP contribution is 2.41. The van der Waals surface area contributed by atoms with Gasteiger partial charge in [0.25, 0.3) is 5.56 Å². The molecule has 0 bridgehead atoms. The molecule has 0 fully saturated rings. The number of carbonyl (C=O) groups excluding carboxylic acids is 1. The first kappa shape index (κ1) is 21.2. The molecule has 0 aliphatic carbocycles. The number of carbonyl (C=O) groups is 1. The van der Waals surface area contributed by atoms with Crippen LogP contribution in [0.1, 0.15) is 28.3 Å². The van der Waals surface area contributed by atoms with Crippen LogP contribution in [0.25, 0.3) is 0 Å². The van der Waals surface area contributed by atoms with E-state index in [0.717, 1.165) is 11.3 Å². The van der Waals surface area contributed by atoms with Gasteiger partial charge in [0.2, 0.25) is 5.88 Å². The van der Waals surface area contributed by atoms with Crippen LogP contribution in [-0.2, 0) is 16.1 Å². The maximum atomic E-state index is 13.8. The van der Waals surface area contributed by atoms with Crippen LogP contribution in [0.5, 0.6) is 11.5 Å². The van der Waals surface area contributed by atoms with Crippen LogP contribution in [0.2, 0.25) is 0 Å². The minimum absolute atomic E-state index is 0.0789. The Morgan fingerprint density at radius 2 is 1.78 bits per heavy atom. The van der Waals surface area contributed by atoms with Gasteiger partial charge in [0.15, 0.2) is 0 Å². The number of hydrogen-bond acceptors (Lipinski definition) is 6. The molecule has 1 aliphatic heterocycles. The van der Waals surface area contributed by atoms with E-state index in [9.17, 15) is 9.59 Å². The zero-order valence-electron chi connectivity index (χ0n) is 18.1. The molecule has 3 aromatic rings. The summed E-state index contributed by atoms with van der Waals surface area (Å²) in [5.41, 5.74) is 8.73. The van der Waals surface area contributed by atoms with Crippen LogP contribution in [0.3, 0.4) is 0 Å². The van der Waals surface area contributed by atoms with Crippen molar-refractivity contribution in [3.05, 3.63) is 105 Å². The van der Waals surface area contributed by atoms with E-state index in [0.29, 0.717) is 29.2 Å². The predicted octanol–water partition coefficient (Wildman–Crippen LogP) is 3.08. The number of aryl methyl sites for hydroxylation is 1. The molecule has 2 heterocycles. The quantitative estimate of drug-likeness (QED) is 0.623. The summed E-state index contributed by atoms with van der Waals surface area (Å²) >= 11 is 0. The number of methoxy groups -OCH3 is 2. The molecule has 0 unspecified atom stereocenters. The van der Waals surface area contributed by atoms with Crippen LogP contribution in [0.15, 0.2) is 76.9 Å². The smallest absolute Gasteiger partial charge is 0.340 e. The van der Waals surface area contributed by atoms with E-state index in [1.165, 1.54) is 7.11 Å². The van der Waals surface area contributed by atoms with Crippen LogP contribution >= 0.6 is 0 Å². The van der Waals surface area contributed by atoms with Crippen molar-refractivity contribution in [3.8, 4) is 11.5 Å². The fourth-order valence-corrected chi connectivity index (χ4v) is 3.99. The molecule has 0 radical (unpaired) electrons. The Labute approximate surface area is 185 Å². The lowest BCUT2D eigenvalue weighted by atomic mass is 9.83. The summed E-state index contributed by atoms with van der Waals surface area (Å²) in [6.07, 6.45) is 0. The van der Waals surface area contributed by atoms with Gasteiger partial charge in [-0.05, 0) is 30.2 Å². The Balaban J connectivity index is 1.93. The number of hydrogen-bond donors (Lipinski definition) is 1. The van der Waals surface area contributed by atoms with Gasteiger partial charge < -0.3 is 24.5 Å². The van der Waals surface area contributed by atoms with Crippen molar-refractivity contribution < 1.29 is 19.0 Å². The molecule has 0 spiro atoms. The van der Waals surface area contributed by atoms with Gasteiger partial charge in [-0.15, -0.1) is 0 Å². The first-order valence-corrected chi connectivity index (χ1v) is 10.1. The third-order valence-corrected chi connectivity index (χ3v) is 5.61. The summed E-state index contributed by atoms with van der Waals surface area (Å²) in [6, 6.07) is 18.6. The third-order valence-electron chi connectivity index (χ3n) is 5.61. The summed E-state index contributed by atoms with van der Waals surface area (Å²) < 4.78 is 17.6. The Bertz CT molecular complexity index is 1240. The van der Waals surface area contributed by atoms with Crippen molar-refractivity contribution >= 4 is 5.97 Å². The number of nitrogens with two attached hydrogens (primary N) is 1. The molecule has 0 saturated carbocycles. The minimum atomic E-state index is -0.743. The Hall–Kier alpha value is -4.00. The van der Waals surface area contributed by atoms with E-state index < -0.39 is 11.9 Å². The highest BCUT2D eigenvalue weighted by Gasteiger charge is 2.38. The lowest BCUT2D eigenvalue weighted by Crippen LogP contribution is -2.35.